The van der Waals surface area contributed by atoms with Crippen LogP contribution in [-0.4, -0.2) is 32.8 Å². The van der Waals surface area contributed by atoms with Crippen LogP contribution >= 0.6 is 0 Å². The van der Waals surface area contributed by atoms with Crippen molar-refractivity contribution in [2.45, 2.75) is 13.5 Å². The molecule has 0 unspecified atom stereocenters. The molecule has 0 aromatic carbocycles. The van der Waals surface area contributed by atoms with E-state index in [1.165, 1.54) is 13.4 Å². The summed E-state index contributed by atoms with van der Waals surface area (Å²) in [5, 5.41) is 6.75. The van der Waals surface area contributed by atoms with Crippen LogP contribution in [0.15, 0.2) is 12.5 Å². The fraction of sp³-hybridized carbons (Fsp3) is 0.300. The van der Waals surface area contributed by atoms with Crippen LogP contribution in [0.4, 0.5) is 5.82 Å². The van der Waals surface area contributed by atoms with Gasteiger partial charge in [-0.05, 0) is 6.92 Å². The van der Waals surface area contributed by atoms with E-state index < -0.39 is 5.97 Å². The van der Waals surface area contributed by atoms with E-state index in [1.54, 1.807) is 10.8 Å². The molecule has 0 amide bonds. The topological polar surface area (TPSA) is 98.8 Å². The van der Waals surface area contributed by atoms with Crippen LogP contribution in [0.2, 0.25) is 0 Å². The number of methoxy groups -OCH3 is 1. The Bertz CT molecular complexity index is 543. The standard InChI is InChI=1S/C10H13N5O2/c1-6-7(3-13-14-6)4-15-5-12-8(9(15)11)10(16)17-2/h3,5H,4,11H2,1-2H3,(H,13,14). The van der Waals surface area contributed by atoms with Crippen molar-refractivity contribution < 1.29 is 9.53 Å². The molecule has 0 aliphatic heterocycles. The smallest absolute Gasteiger partial charge is 0.360 e. The number of nitrogen functional groups attached to an aromatic ring is 1. The number of aromatic nitrogens is 4. The molecule has 0 aliphatic rings. The molecule has 2 aromatic heterocycles. The van der Waals surface area contributed by atoms with Gasteiger partial charge >= 0.3 is 5.97 Å². The molecule has 0 atom stereocenters. The molecule has 7 nitrogen and oxygen atoms in total. The van der Waals surface area contributed by atoms with Gasteiger partial charge in [0.15, 0.2) is 5.69 Å². The highest BCUT2D eigenvalue weighted by molar-refractivity contribution is 5.92. The Morgan fingerprint density at radius 2 is 2.41 bits per heavy atom. The average Bonchev–Trinajstić information content (AvgIpc) is 2.87. The first-order valence-electron chi connectivity index (χ1n) is 5.01. The number of nitrogens with one attached hydrogen (secondary N) is 1. The van der Waals surface area contributed by atoms with Crippen molar-refractivity contribution in [1.82, 2.24) is 19.7 Å². The van der Waals surface area contributed by atoms with Crippen LogP contribution in [0.5, 0.6) is 0 Å². The van der Waals surface area contributed by atoms with Gasteiger partial charge in [-0.3, -0.25) is 5.10 Å². The number of ether oxygens (including phenoxy) is 1. The molecule has 0 aliphatic carbocycles. The van der Waals surface area contributed by atoms with E-state index in [-0.39, 0.29) is 11.5 Å². The minimum atomic E-state index is -0.537. The van der Waals surface area contributed by atoms with Gasteiger partial charge in [0.25, 0.3) is 0 Å². The monoisotopic (exact) mass is 235 g/mol. The zero-order valence-electron chi connectivity index (χ0n) is 9.60. The molecule has 90 valence electrons. The lowest BCUT2D eigenvalue weighted by Crippen LogP contribution is -2.09. The van der Waals surface area contributed by atoms with Gasteiger partial charge in [-0.15, -0.1) is 0 Å². The number of rotatable bonds is 3. The summed E-state index contributed by atoms with van der Waals surface area (Å²) in [6.07, 6.45) is 3.22. The van der Waals surface area contributed by atoms with E-state index in [0.29, 0.717) is 6.54 Å². The number of nitrogens with two attached hydrogens (primary N) is 1. The van der Waals surface area contributed by atoms with Gasteiger partial charge in [-0.2, -0.15) is 5.10 Å². The molecule has 0 spiro atoms. The average molecular weight is 235 g/mol. The van der Waals surface area contributed by atoms with Crippen molar-refractivity contribution in [1.29, 1.82) is 0 Å². The third kappa shape index (κ3) is 1.99. The van der Waals surface area contributed by atoms with E-state index in [4.69, 9.17) is 5.73 Å². The fourth-order valence-corrected chi connectivity index (χ4v) is 1.49. The zero-order valence-corrected chi connectivity index (χ0v) is 9.60. The maximum absolute atomic E-state index is 11.3. The summed E-state index contributed by atoms with van der Waals surface area (Å²) >= 11 is 0. The molecule has 0 fully saturated rings. The van der Waals surface area contributed by atoms with E-state index in [9.17, 15) is 4.79 Å². The lowest BCUT2D eigenvalue weighted by molar-refractivity contribution is 0.0596. The van der Waals surface area contributed by atoms with Crippen LogP contribution in [0.3, 0.4) is 0 Å². The third-order valence-corrected chi connectivity index (χ3v) is 2.53. The van der Waals surface area contributed by atoms with Gasteiger partial charge in [0.1, 0.15) is 5.82 Å². The van der Waals surface area contributed by atoms with Crippen molar-refractivity contribution >= 4 is 11.8 Å². The van der Waals surface area contributed by atoms with E-state index in [1.807, 2.05) is 6.92 Å². The van der Waals surface area contributed by atoms with Crippen molar-refractivity contribution in [3.63, 3.8) is 0 Å². The number of aromatic amines is 1. The summed E-state index contributed by atoms with van der Waals surface area (Å²) in [6.45, 7) is 2.43. The van der Waals surface area contributed by atoms with Gasteiger partial charge in [-0.25, -0.2) is 9.78 Å². The van der Waals surface area contributed by atoms with Crippen molar-refractivity contribution in [2.24, 2.45) is 0 Å². The number of H-pyrrole nitrogens is 1. The van der Waals surface area contributed by atoms with Crippen LogP contribution in [0.1, 0.15) is 21.7 Å². The molecule has 0 radical (unpaired) electrons. The maximum atomic E-state index is 11.3. The minimum absolute atomic E-state index is 0.133. The summed E-state index contributed by atoms with van der Waals surface area (Å²) < 4.78 is 6.25. The Kier molecular flexibility index (Phi) is 2.82. The number of aryl methyl sites for hydroxylation is 1. The second-order valence-corrected chi connectivity index (χ2v) is 3.62. The molecule has 0 saturated carbocycles. The van der Waals surface area contributed by atoms with Crippen LogP contribution in [0.25, 0.3) is 0 Å². The molecular weight excluding hydrogens is 222 g/mol. The summed E-state index contributed by atoms with van der Waals surface area (Å²) in [7, 11) is 1.29. The van der Waals surface area contributed by atoms with E-state index >= 15 is 0 Å². The molecule has 2 aromatic rings. The van der Waals surface area contributed by atoms with Gasteiger partial charge in [0.05, 0.1) is 26.2 Å². The first-order valence-corrected chi connectivity index (χ1v) is 5.01. The molecule has 17 heavy (non-hydrogen) atoms. The molecule has 2 rings (SSSR count). The molecule has 0 saturated heterocycles. The predicted octanol–water partition coefficient (Wildman–Crippen LogP) is 0.332. The molecule has 0 bridgehead atoms. The highest BCUT2D eigenvalue weighted by Crippen LogP contribution is 2.14. The van der Waals surface area contributed by atoms with Crippen molar-refractivity contribution in [2.75, 3.05) is 12.8 Å². The second-order valence-electron chi connectivity index (χ2n) is 3.62. The lowest BCUT2D eigenvalue weighted by atomic mass is 10.2. The van der Waals surface area contributed by atoms with Gasteiger partial charge in [-0.1, -0.05) is 0 Å². The van der Waals surface area contributed by atoms with Gasteiger partial charge < -0.3 is 15.0 Å². The molecule has 7 heteroatoms. The highest BCUT2D eigenvalue weighted by Gasteiger charge is 2.16. The Hall–Kier alpha value is -2.31. The first-order chi connectivity index (χ1) is 8.13. The second kappa shape index (κ2) is 4.28. The largest absolute Gasteiger partial charge is 0.464 e. The van der Waals surface area contributed by atoms with Crippen LogP contribution < -0.4 is 5.73 Å². The Morgan fingerprint density at radius 3 is 3.00 bits per heavy atom. The normalized spacial score (nSPS) is 10.5. The van der Waals surface area contributed by atoms with Gasteiger partial charge in [0.2, 0.25) is 0 Å². The minimum Gasteiger partial charge on any atom is -0.464 e. The van der Waals surface area contributed by atoms with E-state index in [0.717, 1.165) is 11.3 Å². The number of imidazole rings is 1. The predicted molar refractivity (Wildman–Crippen MR) is 60.4 cm³/mol. The Morgan fingerprint density at radius 1 is 1.65 bits per heavy atom. The Balaban J connectivity index is 2.26. The maximum Gasteiger partial charge on any atom is 0.360 e. The number of anilines is 1. The number of hydrogen-bond donors (Lipinski definition) is 2. The highest BCUT2D eigenvalue weighted by atomic mass is 16.5. The molecular formula is C10H13N5O2. The quantitative estimate of drug-likeness (QED) is 0.747. The molecule has 2 heterocycles. The number of carbonyl (C=O) groups excluding carboxylic acids is 1. The lowest BCUT2D eigenvalue weighted by Gasteiger charge is -2.04. The Labute approximate surface area is 97.6 Å². The SMILES string of the molecule is COC(=O)c1ncn(Cc2cn[nH]c2C)c1N. The van der Waals surface area contributed by atoms with Gasteiger partial charge in [0, 0.05) is 11.3 Å². The zero-order chi connectivity index (χ0) is 12.4. The van der Waals surface area contributed by atoms with Crippen LogP contribution in [-0.2, 0) is 11.3 Å². The summed E-state index contributed by atoms with van der Waals surface area (Å²) in [5.41, 5.74) is 7.90. The van der Waals surface area contributed by atoms with Crippen LogP contribution in [0, 0.1) is 6.92 Å². The number of nitrogens with zero attached hydrogens (tertiary/aromatic N) is 3. The number of carbonyl (C=O) groups is 1. The summed E-state index contributed by atoms with van der Waals surface area (Å²) in [5.74, 6) is -0.248. The first kappa shape index (κ1) is 11.2. The number of hydrogen-bond acceptors (Lipinski definition) is 5. The van der Waals surface area contributed by atoms with E-state index in [2.05, 4.69) is 19.9 Å². The molecule has 3 N–H and O–H groups in total. The fourth-order valence-electron chi connectivity index (χ4n) is 1.49. The van der Waals surface area contributed by atoms with Crippen molar-refractivity contribution in [3.8, 4) is 0 Å². The summed E-state index contributed by atoms with van der Waals surface area (Å²) in [6, 6.07) is 0. The number of esters is 1. The third-order valence-electron chi connectivity index (χ3n) is 2.53. The van der Waals surface area contributed by atoms with Crippen molar-refractivity contribution in [3.05, 3.63) is 29.5 Å². The summed E-state index contributed by atoms with van der Waals surface area (Å²) in [4.78, 5) is 15.2.